The highest BCUT2D eigenvalue weighted by Crippen LogP contribution is 2.33. The summed E-state index contributed by atoms with van der Waals surface area (Å²) in [5.74, 6) is -0.233. The van der Waals surface area contributed by atoms with E-state index < -0.39 is 5.91 Å². The van der Waals surface area contributed by atoms with Crippen molar-refractivity contribution in [2.45, 2.75) is 0 Å². The normalized spacial score (nSPS) is 10.3. The van der Waals surface area contributed by atoms with Crippen LogP contribution >= 0.6 is 11.3 Å². The number of thiazole rings is 1. The number of pyridine rings is 1. The molecule has 29 heavy (non-hydrogen) atoms. The SMILES string of the molecule is N#Cc1ccc(C(=O)Nc2nc(-c3ccco3)c(C(=O)c3cccnc3)s2)cc1. The summed E-state index contributed by atoms with van der Waals surface area (Å²) < 4.78 is 5.41. The number of furan rings is 1. The Balaban J connectivity index is 1.67. The third kappa shape index (κ3) is 3.81. The zero-order valence-corrected chi connectivity index (χ0v) is 15.6. The highest BCUT2D eigenvalue weighted by molar-refractivity contribution is 7.18. The zero-order valence-electron chi connectivity index (χ0n) is 14.8. The second-order valence-corrected chi connectivity index (χ2v) is 6.89. The molecule has 0 saturated heterocycles. The maximum absolute atomic E-state index is 12.9. The van der Waals surface area contributed by atoms with E-state index >= 15 is 0 Å². The summed E-state index contributed by atoms with van der Waals surface area (Å²) in [5, 5.41) is 11.8. The van der Waals surface area contributed by atoms with Gasteiger partial charge in [-0.15, -0.1) is 0 Å². The van der Waals surface area contributed by atoms with Gasteiger partial charge in [-0.1, -0.05) is 11.3 Å². The molecule has 4 aromatic rings. The molecular weight excluding hydrogens is 388 g/mol. The first-order chi connectivity index (χ1) is 14.2. The van der Waals surface area contributed by atoms with Gasteiger partial charge in [-0.25, -0.2) is 4.98 Å². The minimum absolute atomic E-state index is 0.262. The summed E-state index contributed by atoms with van der Waals surface area (Å²) in [6, 6.07) is 15.0. The number of rotatable bonds is 5. The van der Waals surface area contributed by atoms with E-state index in [9.17, 15) is 9.59 Å². The molecule has 0 aliphatic carbocycles. The van der Waals surface area contributed by atoms with Gasteiger partial charge in [0.1, 0.15) is 10.6 Å². The first kappa shape index (κ1) is 18.3. The van der Waals surface area contributed by atoms with Crippen LogP contribution < -0.4 is 5.32 Å². The second kappa shape index (κ2) is 7.88. The smallest absolute Gasteiger partial charge is 0.257 e. The molecule has 3 aromatic heterocycles. The summed E-state index contributed by atoms with van der Waals surface area (Å²) in [6.07, 6.45) is 4.55. The van der Waals surface area contributed by atoms with E-state index in [0.29, 0.717) is 33.0 Å². The molecule has 7 nitrogen and oxygen atoms in total. The largest absolute Gasteiger partial charge is 0.463 e. The Kier molecular flexibility index (Phi) is 4.97. The van der Waals surface area contributed by atoms with Crippen molar-refractivity contribution in [3.05, 3.63) is 88.8 Å². The molecule has 1 aromatic carbocycles. The molecule has 140 valence electrons. The fourth-order valence-corrected chi connectivity index (χ4v) is 3.53. The van der Waals surface area contributed by atoms with Crippen molar-refractivity contribution in [1.29, 1.82) is 5.26 Å². The lowest BCUT2D eigenvalue weighted by Gasteiger charge is -2.01. The minimum Gasteiger partial charge on any atom is -0.463 e. The minimum atomic E-state index is -0.394. The molecule has 0 radical (unpaired) electrons. The highest BCUT2D eigenvalue weighted by atomic mass is 32.1. The van der Waals surface area contributed by atoms with E-state index in [-0.39, 0.29) is 10.9 Å². The number of nitrogens with zero attached hydrogens (tertiary/aromatic N) is 3. The van der Waals surface area contributed by atoms with Crippen LogP contribution in [0, 0.1) is 11.3 Å². The number of nitriles is 1. The van der Waals surface area contributed by atoms with Gasteiger partial charge < -0.3 is 4.42 Å². The van der Waals surface area contributed by atoms with E-state index in [0.717, 1.165) is 11.3 Å². The topological polar surface area (TPSA) is 109 Å². The Morgan fingerprint density at radius 3 is 2.55 bits per heavy atom. The molecule has 8 heteroatoms. The number of nitrogens with one attached hydrogen (secondary N) is 1. The average Bonchev–Trinajstić information content (AvgIpc) is 3.44. The van der Waals surface area contributed by atoms with Crippen LogP contribution in [-0.4, -0.2) is 21.7 Å². The van der Waals surface area contributed by atoms with Crippen LogP contribution in [0.1, 0.15) is 31.2 Å². The third-order valence-corrected chi connectivity index (χ3v) is 4.98. The van der Waals surface area contributed by atoms with Gasteiger partial charge in [-0.05, 0) is 48.5 Å². The maximum Gasteiger partial charge on any atom is 0.257 e. The molecule has 1 amide bonds. The van der Waals surface area contributed by atoms with Gasteiger partial charge in [-0.2, -0.15) is 5.26 Å². The van der Waals surface area contributed by atoms with Gasteiger partial charge in [0.05, 0.1) is 17.9 Å². The summed E-state index contributed by atoms with van der Waals surface area (Å²) in [4.78, 5) is 34.2. The van der Waals surface area contributed by atoms with Gasteiger partial charge in [-0.3, -0.25) is 19.9 Å². The fraction of sp³-hybridized carbons (Fsp3) is 0. The predicted molar refractivity (Wildman–Crippen MR) is 107 cm³/mol. The Labute approximate surface area is 169 Å². The summed E-state index contributed by atoms with van der Waals surface area (Å²) in [6.45, 7) is 0. The molecule has 0 atom stereocenters. The Bertz CT molecular complexity index is 1210. The van der Waals surface area contributed by atoms with Crippen LogP contribution in [-0.2, 0) is 0 Å². The molecule has 0 aliphatic rings. The van der Waals surface area contributed by atoms with Gasteiger partial charge in [0.2, 0.25) is 5.78 Å². The lowest BCUT2D eigenvalue weighted by Crippen LogP contribution is -2.11. The Morgan fingerprint density at radius 1 is 1.07 bits per heavy atom. The Morgan fingerprint density at radius 2 is 1.90 bits per heavy atom. The summed E-state index contributed by atoms with van der Waals surface area (Å²) >= 11 is 1.06. The van der Waals surface area contributed by atoms with Crippen molar-refractivity contribution in [2.24, 2.45) is 0 Å². The van der Waals surface area contributed by atoms with Crippen molar-refractivity contribution < 1.29 is 14.0 Å². The van der Waals surface area contributed by atoms with E-state index in [4.69, 9.17) is 9.68 Å². The van der Waals surface area contributed by atoms with Gasteiger partial charge in [0, 0.05) is 23.5 Å². The zero-order chi connectivity index (χ0) is 20.2. The van der Waals surface area contributed by atoms with Crippen molar-refractivity contribution in [3.63, 3.8) is 0 Å². The lowest BCUT2D eigenvalue weighted by atomic mass is 10.1. The van der Waals surface area contributed by atoms with E-state index in [2.05, 4.69) is 15.3 Å². The van der Waals surface area contributed by atoms with Gasteiger partial charge in [0.25, 0.3) is 5.91 Å². The standard InChI is InChI=1S/C21H12N4O3S/c22-11-13-5-7-14(8-6-13)20(27)25-21-24-17(16-4-2-10-28-16)19(29-21)18(26)15-3-1-9-23-12-15/h1-10,12H,(H,24,25,27). The van der Waals surface area contributed by atoms with Crippen LogP contribution in [0.15, 0.2) is 71.6 Å². The number of amides is 1. The molecule has 0 unspecified atom stereocenters. The number of hydrogen-bond acceptors (Lipinski definition) is 7. The summed E-state index contributed by atoms with van der Waals surface area (Å²) in [7, 11) is 0. The number of carbonyl (C=O) groups excluding carboxylic acids is 2. The average molecular weight is 400 g/mol. The van der Waals surface area contributed by atoms with Crippen LogP contribution in [0.2, 0.25) is 0 Å². The number of carbonyl (C=O) groups is 2. The first-order valence-electron chi connectivity index (χ1n) is 8.46. The quantitative estimate of drug-likeness (QED) is 0.504. The number of benzene rings is 1. The monoisotopic (exact) mass is 400 g/mol. The van der Waals surface area contributed by atoms with Gasteiger partial charge in [0.15, 0.2) is 10.9 Å². The molecule has 3 heterocycles. The van der Waals surface area contributed by atoms with E-state index in [1.165, 1.54) is 12.5 Å². The highest BCUT2D eigenvalue weighted by Gasteiger charge is 2.23. The Hall–Kier alpha value is -4.09. The maximum atomic E-state index is 12.9. The fourth-order valence-electron chi connectivity index (χ4n) is 2.60. The third-order valence-electron chi connectivity index (χ3n) is 4.01. The molecule has 0 spiro atoms. The van der Waals surface area contributed by atoms with E-state index in [1.807, 2.05) is 6.07 Å². The van der Waals surface area contributed by atoms with E-state index in [1.54, 1.807) is 54.7 Å². The molecule has 1 N–H and O–H groups in total. The predicted octanol–water partition coefficient (Wildman–Crippen LogP) is 4.15. The van der Waals surface area contributed by atoms with Crippen LogP contribution in [0.25, 0.3) is 11.5 Å². The van der Waals surface area contributed by atoms with Crippen LogP contribution in [0.5, 0.6) is 0 Å². The molecular formula is C21H12N4O3S. The number of ketones is 1. The number of anilines is 1. The van der Waals surface area contributed by atoms with Crippen molar-refractivity contribution in [2.75, 3.05) is 5.32 Å². The molecule has 0 saturated carbocycles. The first-order valence-corrected chi connectivity index (χ1v) is 9.28. The van der Waals surface area contributed by atoms with Crippen molar-refractivity contribution in [3.8, 4) is 17.5 Å². The second-order valence-electron chi connectivity index (χ2n) is 5.89. The van der Waals surface area contributed by atoms with Crippen LogP contribution in [0.4, 0.5) is 5.13 Å². The number of aromatic nitrogens is 2. The molecule has 0 bridgehead atoms. The molecule has 4 rings (SSSR count). The van der Waals surface area contributed by atoms with Crippen LogP contribution in [0.3, 0.4) is 0 Å². The molecule has 0 fully saturated rings. The number of hydrogen-bond donors (Lipinski definition) is 1. The summed E-state index contributed by atoms with van der Waals surface area (Å²) in [5.41, 5.74) is 1.59. The lowest BCUT2D eigenvalue weighted by molar-refractivity contribution is 0.102. The van der Waals surface area contributed by atoms with Crippen molar-refractivity contribution in [1.82, 2.24) is 9.97 Å². The molecule has 0 aliphatic heterocycles. The van der Waals surface area contributed by atoms with Crippen molar-refractivity contribution >= 4 is 28.2 Å². The van der Waals surface area contributed by atoms with Gasteiger partial charge >= 0.3 is 0 Å².